The molecule has 0 amide bonds. The Bertz CT molecular complexity index is 353. The van der Waals surface area contributed by atoms with Crippen molar-refractivity contribution in [3.63, 3.8) is 0 Å². The molecule has 0 bridgehead atoms. The van der Waals surface area contributed by atoms with Gasteiger partial charge in [0, 0.05) is 29.6 Å². The Morgan fingerprint density at radius 2 is 1.64 bits per heavy atom. The third-order valence-corrected chi connectivity index (χ3v) is 3.02. The van der Waals surface area contributed by atoms with Gasteiger partial charge in [-0.3, -0.25) is 0 Å². The molecule has 1 aromatic heterocycles. The van der Waals surface area contributed by atoms with Crippen LogP contribution in [0, 0.1) is 0 Å². The van der Waals surface area contributed by atoms with Crippen molar-refractivity contribution in [2.24, 2.45) is 0 Å². The summed E-state index contributed by atoms with van der Waals surface area (Å²) >= 11 is 1.90. The summed E-state index contributed by atoms with van der Waals surface area (Å²) in [4.78, 5) is 1.35. The number of hydrogen-bond acceptors (Lipinski definition) is 1. The molecule has 0 N–H and O–H groups in total. The molecule has 2 aromatic rings. The average molecular weight is 203 g/mol. The standard InChI is InChI=1S/C12H13NS/c1-2-6-12(7-3-1)14-11-10-13-8-4-5-9-13/h1-9H,10-11H2. The molecule has 1 aromatic carbocycles. The quantitative estimate of drug-likeness (QED) is 0.690. The molecule has 0 spiro atoms. The van der Waals surface area contributed by atoms with Gasteiger partial charge >= 0.3 is 0 Å². The first-order valence-electron chi connectivity index (χ1n) is 4.74. The molecular formula is C12H13NS. The van der Waals surface area contributed by atoms with Crippen LogP contribution in [0.5, 0.6) is 0 Å². The van der Waals surface area contributed by atoms with Gasteiger partial charge in [0.1, 0.15) is 0 Å². The highest BCUT2D eigenvalue weighted by Crippen LogP contribution is 2.16. The molecule has 0 aliphatic heterocycles. The van der Waals surface area contributed by atoms with Crippen LogP contribution in [-0.4, -0.2) is 10.3 Å². The van der Waals surface area contributed by atoms with Gasteiger partial charge in [-0.15, -0.1) is 11.8 Å². The third kappa shape index (κ3) is 2.67. The lowest BCUT2D eigenvalue weighted by atomic mass is 10.4. The molecule has 1 heterocycles. The maximum absolute atomic E-state index is 2.20. The fourth-order valence-electron chi connectivity index (χ4n) is 1.30. The van der Waals surface area contributed by atoms with Gasteiger partial charge in [0.25, 0.3) is 0 Å². The molecule has 14 heavy (non-hydrogen) atoms. The third-order valence-electron chi connectivity index (χ3n) is 2.03. The normalized spacial score (nSPS) is 10.3. The van der Waals surface area contributed by atoms with Gasteiger partial charge in [-0.05, 0) is 24.3 Å². The van der Waals surface area contributed by atoms with Gasteiger partial charge in [-0.25, -0.2) is 0 Å². The zero-order valence-corrected chi connectivity index (χ0v) is 8.78. The molecule has 0 saturated heterocycles. The highest BCUT2D eigenvalue weighted by molar-refractivity contribution is 7.99. The second kappa shape index (κ2) is 4.91. The van der Waals surface area contributed by atoms with Crippen LogP contribution in [-0.2, 0) is 6.54 Å². The summed E-state index contributed by atoms with van der Waals surface area (Å²) < 4.78 is 2.20. The van der Waals surface area contributed by atoms with E-state index in [-0.39, 0.29) is 0 Å². The summed E-state index contributed by atoms with van der Waals surface area (Å²) in [5.74, 6) is 1.12. The number of nitrogens with zero attached hydrogens (tertiary/aromatic N) is 1. The van der Waals surface area contributed by atoms with Gasteiger partial charge in [0.15, 0.2) is 0 Å². The number of hydrogen-bond donors (Lipinski definition) is 0. The van der Waals surface area contributed by atoms with Crippen LogP contribution in [0.25, 0.3) is 0 Å². The van der Waals surface area contributed by atoms with Crippen LogP contribution >= 0.6 is 11.8 Å². The van der Waals surface area contributed by atoms with Crippen molar-refractivity contribution in [1.29, 1.82) is 0 Å². The molecule has 0 atom stereocenters. The van der Waals surface area contributed by atoms with Gasteiger partial charge in [-0.1, -0.05) is 18.2 Å². The van der Waals surface area contributed by atoms with E-state index in [0.29, 0.717) is 0 Å². The van der Waals surface area contributed by atoms with Crippen molar-refractivity contribution in [1.82, 2.24) is 4.57 Å². The highest BCUT2D eigenvalue weighted by Gasteiger charge is 1.92. The number of benzene rings is 1. The largest absolute Gasteiger partial charge is 0.353 e. The number of rotatable bonds is 4. The molecule has 2 rings (SSSR count). The van der Waals surface area contributed by atoms with Crippen LogP contribution < -0.4 is 0 Å². The van der Waals surface area contributed by atoms with Crippen molar-refractivity contribution < 1.29 is 0 Å². The van der Waals surface area contributed by atoms with Crippen LogP contribution in [0.3, 0.4) is 0 Å². The minimum atomic E-state index is 1.08. The lowest BCUT2D eigenvalue weighted by Gasteiger charge is -2.02. The summed E-state index contributed by atoms with van der Waals surface area (Å²) in [5.41, 5.74) is 0. The number of thioether (sulfide) groups is 1. The van der Waals surface area contributed by atoms with E-state index in [4.69, 9.17) is 0 Å². The van der Waals surface area contributed by atoms with Gasteiger partial charge in [0.05, 0.1) is 0 Å². The number of aryl methyl sites for hydroxylation is 1. The monoisotopic (exact) mass is 203 g/mol. The van der Waals surface area contributed by atoms with Gasteiger partial charge in [0.2, 0.25) is 0 Å². The Hall–Kier alpha value is -1.15. The smallest absolute Gasteiger partial charge is 0.0313 e. The molecule has 0 fully saturated rings. The van der Waals surface area contributed by atoms with E-state index in [9.17, 15) is 0 Å². The van der Waals surface area contributed by atoms with Crippen molar-refractivity contribution in [2.45, 2.75) is 11.4 Å². The van der Waals surface area contributed by atoms with Crippen LogP contribution in [0.4, 0.5) is 0 Å². The Morgan fingerprint density at radius 3 is 2.36 bits per heavy atom. The van der Waals surface area contributed by atoms with E-state index in [2.05, 4.69) is 59.4 Å². The minimum Gasteiger partial charge on any atom is -0.353 e. The van der Waals surface area contributed by atoms with Gasteiger partial charge in [-0.2, -0.15) is 0 Å². The summed E-state index contributed by atoms with van der Waals surface area (Å²) in [5, 5.41) is 0. The molecule has 0 unspecified atom stereocenters. The molecule has 0 aliphatic rings. The van der Waals surface area contributed by atoms with E-state index in [0.717, 1.165) is 12.3 Å². The first-order chi connectivity index (χ1) is 6.95. The Kier molecular flexibility index (Phi) is 3.30. The highest BCUT2D eigenvalue weighted by atomic mass is 32.2. The predicted molar refractivity (Wildman–Crippen MR) is 61.6 cm³/mol. The van der Waals surface area contributed by atoms with E-state index in [1.807, 2.05) is 11.8 Å². The Labute approximate surface area is 88.8 Å². The van der Waals surface area contributed by atoms with Crippen LogP contribution in [0.15, 0.2) is 59.8 Å². The Balaban J connectivity index is 1.79. The summed E-state index contributed by atoms with van der Waals surface area (Å²) in [6, 6.07) is 14.6. The summed E-state index contributed by atoms with van der Waals surface area (Å²) in [7, 11) is 0. The molecule has 1 nitrogen and oxygen atoms in total. The van der Waals surface area contributed by atoms with Gasteiger partial charge < -0.3 is 4.57 Å². The molecule has 72 valence electrons. The van der Waals surface area contributed by atoms with Crippen molar-refractivity contribution in [3.05, 3.63) is 54.9 Å². The first-order valence-corrected chi connectivity index (χ1v) is 5.72. The minimum absolute atomic E-state index is 1.08. The zero-order chi connectivity index (χ0) is 9.64. The summed E-state index contributed by atoms with van der Waals surface area (Å²) in [6.45, 7) is 1.08. The molecule has 0 saturated carbocycles. The van der Waals surface area contributed by atoms with Crippen LogP contribution in [0.1, 0.15) is 0 Å². The Morgan fingerprint density at radius 1 is 0.929 bits per heavy atom. The molecular weight excluding hydrogens is 190 g/mol. The average Bonchev–Trinajstić information content (AvgIpc) is 2.72. The van der Waals surface area contributed by atoms with Crippen molar-refractivity contribution >= 4 is 11.8 Å². The summed E-state index contributed by atoms with van der Waals surface area (Å²) in [6.07, 6.45) is 4.21. The maximum Gasteiger partial charge on any atom is 0.0313 e. The molecule has 0 aliphatic carbocycles. The van der Waals surface area contributed by atoms with E-state index in [1.165, 1.54) is 4.90 Å². The van der Waals surface area contributed by atoms with Crippen molar-refractivity contribution in [2.75, 3.05) is 5.75 Å². The SMILES string of the molecule is c1ccc(SCCn2cccc2)cc1. The first kappa shape index (κ1) is 9.41. The van der Waals surface area contributed by atoms with E-state index < -0.39 is 0 Å². The molecule has 0 radical (unpaired) electrons. The maximum atomic E-state index is 2.20. The number of aromatic nitrogens is 1. The van der Waals surface area contributed by atoms with E-state index >= 15 is 0 Å². The zero-order valence-electron chi connectivity index (χ0n) is 7.97. The van der Waals surface area contributed by atoms with Crippen LogP contribution in [0.2, 0.25) is 0 Å². The fourth-order valence-corrected chi connectivity index (χ4v) is 2.19. The second-order valence-corrected chi connectivity index (χ2v) is 4.25. The van der Waals surface area contributed by atoms with E-state index in [1.54, 1.807) is 0 Å². The second-order valence-electron chi connectivity index (χ2n) is 3.08. The predicted octanol–water partition coefficient (Wildman–Crippen LogP) is 3.28. The topological polar surface area (TPSA) is 4.93 Å². The fraction of sp³-hybridized carbons (Fsp3) is 0.167. The lowest BCUT2D eigenvalue weighted by Crippen LogP contribution is -1.95. The van der Waals surface area contributed by atoms with Crippen molar-refractivity contribution in [3.8, 4) is 0 Å². The lowest BCUT2D eigenvalue weighted by molar-refractivity contribution is 0.778. The molecule has 2 heteroatoms.